The number of ether oxygens (including phenoxy) is 1. The number of guanidine groups is 1. The number of alkyl halides is 3. The molecule has 0 saturated carbocycles. The highest BCUT2D eigenvalue weighted by molar-refractivity contribution is 5.78. The van der Waals surface area contributed by atoms with Crippen molar-refractivity contribution >= 4 is 5.96 Å². The van der Waals surface area contributed by atoms with Crippen LogP contribution in [0.2, 0.25) is 0 Å². The zero-order chi connectivity index (χ0) is 16.9. The fourth-order valence-electron chi connectivity index (χ4n) is 2.57. The summed E-state index contributed by atoms with van der Waals surface area (Å²) in [4.78, 5) is 6.40. The molecule has 0 aliphatic carbocycles. The molecule has 1 unspecified atom stereocenters. The Hall–Kier alpha value is -1.92. The molecule has 0 spiro atoms. The Balaban J connectivity index is 1.93. The molecule has 7 heteroatoms. The van der Waals surface area contributed by atoms with Crippen molar-refractivity contribution in [2.45, 2.75) is 32.5 Å². The van der Waals surface area contributed by atoms with Crippen molar-refractivity contribution in [3.63, 3.8) is 0 Å². The third-order valence-corrected chi connectivity index (χ3v) is 3.71. The van der Waals surface area contributed by atoms with Crippen LogP contribution in [0.15, 0.2) is 29.3 Å². The highest BCUT2D eigenvalue weighted by Gasteiger charge is 2.28. The highest BCUT2D eigenvalue weighted by Crippen LogP contribution is 2.20. The van der Waals surface area contributed by atoms with E-state index in [2.05, 4.69) is 16.8 Å². The summed E-state index contributed by atoms with van der Waals surface area (Å²) < 4.78 is 41.2. The smallest absolute Gasteiger partial charge is 0.422 e. The first kappa shape index (κ1) is 17.4. The summed E-state index contributed by atoms with van der Waals surface area (Å²) in [5, 5.41) is 0. The van der Waals surface area contributed by atoms with Gasteiger partial charge in [-0.3, -0.25) is 0 Å². The first-order valence-corrected chi connectivity index (χ1v) is 7.67. The summed E-state index contributed by atoms with van der Waals surface area (Å²) in [6, 6.07) is 6.49. The number of piperidine rings is 1. The normalized spacial score (nSPS) is 19.7. The van der Waals surface area contributed by atoms with Gasteiger partial charge in [-0.2, -0.15) is 13.2 Å². The lowest BCUT2D eigenvalue weighted by Gasteiger charge is -2.31. The van der Waals surface area contributed by atoms with Gasteiger partial charge in [0.05, 0.1) is 6.54 Å². The van der Waals surface area contributed by atoms with Gasteiger partial charge in [0, 0.05) is 13.1 Å². The number of nitrogens with two attached hydrogens (primary N) is 1. The van der Waals surface area contributed by atoms with Crippen LogP contribution in [0, 0.1) is 5.92 Å². The van der Waals surface area contributed by atoms with Gasteiger partial charge in [0.2, 0.25) is 0 Å². The van der Waals surface area contributed by atoms with Crippen LogP contribution in [-0.4, -0.2) is 36.7 Å². The van der Waals surface area contributed by atoms with Gasteiger partial charge in [-0.15, -0.1) is 0 Å². The van der Waals surface area contributed by atoms with Gasteiger partial charge in [-0.05, 0) is 36.5 Å². The molecule has 0 amide bonds. The lowest BCUT2D eigenvalue weighted by Crippen LogP contribution is -2.43. The molecule has 128 valence electrons. The molecule has 2 rings (SSSR count). The minimum atomic E-state index is -4.34. The number of hydrogen-bond donors (Lipinski definition) is 1. The molecule has 1 saturated heterocycles. The number of likely N-dealkylation sites (tertiary alicyclic amines) is 1. The Morgan fingerprint density at radius 2 is 2.22 bits per heavy atom. The largest absolute Gasteiger partial charge is 0.484 e. The van der Waals surface area contributed by atoms with E-state index in [0.29, 0.717) is 18.4 Å². The maximum Gasteiger partial charge on any atom is 0.422 e. The third kappa shape index (κ3) is 6.00. The Kier molecular flexibility index (Phi) is 5.74. The van der Waals surface area contributed by atoms with Gasteiger partial charge in [-0.1, -0.05) is 19.1 Å². The summed E-state index contributed by atoms with van der Waals surface area (Å²) in [6.45, 7) is 2.99. The monoisotopic (exact) mass is 329 g/mol. The van der Waals surface area contributed by atoms with Crippen molar-refractivity contribution in [3.8, 4) is 5.75 Å². The van der Waals surface area contributed by atoms with Gasteiger partial charge in [-0.25, -0.2) is 4.99 Å². The van der Waals surface area contributed by atoms with Crippen LogP contribution < -0.4 is 10.5 Å². The van der Waals surface area contributed by atoms with Gasteiger partial charge in [0.1, 0.15) is 5.75 Å². The van der Waals surface area contributed by atoms with Crippen molar-refractivity contribution in [1.82, 2.24) is 4.90 Å². The molecule has 1 atom stereocenters. The zero-order valence-electron chi connectivity index (χ0n) is 13.1. The minimum Gasteiger partial charge on any atom is -0.484 e. The van der Waals surface area contributed by atoms with Crippen LogP contribution >= 0.6 is 0 Å². The minimum absolute atomic E-state index is 0.181. The van der Waals surface area contributed by atoms with Crippen molar-refractivity contribution in [1.29, 1.82) is 0 Å². The maximum absolute atomic E-state index is 12.2. The number of benzene rings is 1. The second-order valence-corrected chi connectivity index (χ2v) is 5.92. The molecule has 23 heavy (non-hydrogen) atoms. The van der Waals surface area contributed by atoms with E-state index in [-0.39, 0.29) is 5.75 Å². The molecule has 1 fully saturated rings. The average molecular weight is 329 g/mol. The molecule has 0 radical (unpaired) electrons. The van der Waals surface area contributed by atoms with Crippen molar-refractivity contribution in [3.05, 3.63) is 29.8 Å². The van der Waals surface area contributed by atoms with E-state index in [1.54, 1.807) is 18.2 Å². The summed E-state index contributed by atoms with van der Waals surface area (Å²) in [5.41, 5.74) is 6.77. The van der Waals surface area contributed by atoms with Crippen LogP contribution in [0.3, 0.4) is 0 Å². The van der Waals surface area contributed by atoms with Crippen LogP contribution in [0.4, 0.5) is 13.2 Å². The van der Waals surface area contributed by atoms with E-state index in [9.17, 15) is 13.2 Å². The van der Waals surface area contributed by atoms with Gasteiger partial charge in [0.25, 0.3) is 0 Å². The first-order valence-electron chi connectivity index (χ1n) is 7.67. The van der Waals surface area contributed by atoms with Crippen LogP contribution in [0.1, 0.15) is 25.3 Å². The summed E-state index contributed by atoms with van der Waals surface area (Å²) in [5.74, 6) is 1.26. The predicted molar refractivity (Wildman–Crippen MR) is 83.3 cm³/mol. The number of rotatable bonds is 4. The van der Waals surface area contributed by atoms with Crippen LogP contribution in [0.25, 0.3) is 0 Å². The van der Waals surface area contributed by atoms with E-state index in [0.717, 1.165) is 25.1 Å². The Labute approximate surface area is 134 Å². The Morgan fingerprint density at radius 3 is 2.91 bits per heavy atom. The standard InChI is InChI=1S/C16H22F3N3O/c1-12-4-3-7-22(10-12)15(20)21-9-13-5-2-6-14(8-13)23-11-16(17,18)19/h2,5-6,8,12H,3-4,7,9-11H2,1H3,(H2,20,21). The number of nitrogens with zero attached hydrogens (tertiary/aromatic N) is 2. The highest BCUT2D eigenvalue weighted by atomic mass is 19.4. The van der Waals surface area contributed by atoms with E-state index in [1.807, 2.05) is 0 Å². The van der Waals surface area contributed by atoms with Crippen LogP contribution in [0.5, 0.6) is 5.75 Å². The quantitative estimate of drug-likeness (QED) is 0.682. The maximum atomic E-state index is 12.2. The number of halogens is 3. The fraction of sp³-hybridized carbons (Fsp3) is 0.562. The molecule has 0 aromatic heterocycles. The summed E-state index contributed by atoms with van der Waals surface area (Å²) in [6.07, 6.45) is -2.05. The van der Waals surface area contributed by atoms with Gasteiger partial charge in [0.15, 0.2) is 12.6 Å². The SMILES string of the molecule is CC1CCCN(C(N)=NCc2cccc(OCC(F)(F)F)c2)C1. The molecule has 0 bridgehead atoms. The number of hydrogen-bond acceptors (Lipinski definition) is 2. The zero-order valence-corrected chi connectivity index (χ0v) is 13.1. The van der Waals surface area contributed by atoms with Crippen molar-refractivity contribution in [2.24, 2.45) is 16.6 Å². The van der Waals surface area contributed by atoms with Crippen LogP contribution in [-0.2, 0) is 6.54 Å². The second kappa shape index (κ2) is 7.57. The molecule has 1 aliphatic heterocycles. The average Bonchev–Trinajstić information content (AvgIpc) is 2.50. The predicted octanol–water partition coefficient (Wildman–Crippen LogP) is 3.17. The lowest BCUT2D eigenvalue weighted by atomic mass is 10.0. The van der Waals surface area contributed by atoms with E-state index in [1.165, 1.54) is 12.5 Å². The fourth-order valence-corrected chi connectivity index (χ4v) is 2.57. The molecule has 4 nitrogen and oxygen atoms in total. The van der Waals surface area contributed by atoms with Crippen molar-refractivity contribution in [2.75, 3.05) is 19.7 Å². The molecule has 1 heterocycles. The molecule has 2 N–H and O–H groups in total. The first-order chi connectivity index (χ1) is 10.8. The van der Waals surface area contributed by atoms with Gasteiger partial charge < -0.3 is 15.4 Å². The topological polar surface area (TPSA) is 50.8 Å². The lowest BCUT2D eigenvalue weighted by molar-refractivity contribution is -0.153. The second-order valence-electron chi connectivity index (χ2n) is 5.92. The molecular weight excluding hydrogens is 307 g/mol. The van der Waals surface area contributed by atoms with Crippen molar-refractivity contribution < 1.29 is 17.9 Å². The molecule has 1 aromatic carbocycles. The van der Waals surface area contributed by atoms with Gasteiger partial charge >= 0.3 is 6.18 Å². The van der Waals surface area contributed by atoms with E-state index < -0.39 is 12.8 Å². The summed E-state index contributed by atoms with van der Waals surface area (Å²) >= 11 is 0. The number of aliphatic imine (C=N–C) groups is 1. The molecular formula is C16H22F3N3O. The Morgan fingerprint density at radius 1 is 1.43 bits per heavy atom. The molecule has 1 aliphatic rings. The third-order valence-electron chi connectivity index (χ3n) is 3.71. The van der Waals surface area contributed by atoms with E-state index in [4.69, 9.17) is 10.5 Å². The summed E-state index contributed by atoms with van der Waals surface area (Å²) in [7, 11) is 0. The van der Waals surface area contributed by atoms with E-state index >= 15 is 0 Å². The Bertz CT molecular complexity index is 546. The molecule has 1 aromatic rings.